The SMILES string of the molecule is CCOC(=O)c1cccc2c1[C@H]1OCC[C@H]1[C@@H](C1CCCC1)N2.Cl. The van der Waals surface area contributed by atoms with Crippen molar-refractivity contribution in [1.82, 2.24) is 0 Å². The number of hydrogen-bond acceptors (Lipinski definition) is 4. The van der Waals surface area contributed by atoms with Crippen LogP contribution in [0.5, 0.6) is 0 Å². The minimum Gasteiger partial charge on any atom is -0.462 e. The van der Waals surface area contributed by atoms with Crippen LogP contribution >= 0.6 is 12.4 Å². The van der Waals surface area contributed by atoms with Crippen molar-refractivity contribution in [2.24, 2.45) is 11.8 Å². The molecule has 0 spiro atoms. The molecular formula is C19H26ClNO3. The zero-order valence-corrected chi connectivity index (χ0v) is 14.9. The molecule has 2 heterocycles. The van der Waals surface area contributed by atoms with Gasteiger partial charge in [-0.15, -0.1) is 12.4 Å². The summed E-state index contributed by atoms with van der Waals surface area (Å²) in [7, 11) is 0. The molecule has 3 atom stereocenters. The maximum atomic E-state index is 12.3. The van der Waals surface area contributed by atoms with E-state index in [9.17, 15) is 4.79 Å². The second kappa shape index (κ2) is 7.32. The van der Waals surface area contributed by atoms with Crippen molar-refractivity contribution < 1.29 is 14.3 Å². The Kier molecular flexibility index (Phi) is 5.36. The van der Waals surface area contributed by atoms with E-state index in [1.165, 1.54) is 25.7 Å². The number of anilines is 1. The van der Waals surface area contributed by atoms with Gasteiger partial charge in [0.25, 0.3) is 0 Å². The van der Waals surface area contributed by atoms with E-state index in [2.05, 4.69) is 11.4 Å². The molecule has 0 amide bonds. The summed E-state index contributed by atoms with van der Waals surface area (Å²) in [4.78, 5) is 12.3. The molecule has 4 nitrogen and oxygen atoms in total. The van der Waals surface area contributed by atoms with Crippen molar-refractivity contribution in [1.29, 1.82) is 0 Å². The highest BCUT2D eigenvalue weighted by atomic mass is 35.5. The fourth-order valence-electron chi connectivity index (χ4n) is 4.73. The van der Waals surface area contributed by atoms with Gasteiger partial charge in [0.05, 0.1) is 18.3 Å². The lowest BCUT2D eigenvalue weighted by Gasteiger charge is -2.40. The Labute approximate surface area is 149 Å². The fourth-order valence-corrected chi connectivity index (χ4v) is 4.73. The lowest BCUT2D eigenvalue weighted by molar-refractivity contribution is 0.0497. The van der Waals surface area contributed by atoms with Gasteiger partial charge in [0.1, 0.15) is 0 Å². The van der Waals surface area contributed by atoms with E-state index in [1.54, 1.807) is 0 Å². The van der Waals surface area contributed by atoms with Gasteiger partial charge in [-0.05, 0) is 44.2 Å². The van der Waals surface area contributed by atoms with Crippen molar-refractivity contribution in [3.05, 3.63) is 29.3 Å². The summed E-state index contributed by atoms with van der Waals surface area (Å²) in [5.41, 5.74) is 2.75. The predicted molar refractivity (Wildman–Crippen MR) is 95.8 cm³/mol. The van der Waals surface area contributed by atoms with Gasteiger partial charge < -0.3 is 14.8 Å². The van der Waals surface area contributed by atoms with Gasteiger partial charge in [0.15, 0.2) is 0 Å². The number of halogens is 1. The Morgan fingerprint density at radius 3 is 2.83 bits per heavy atom. The van der Waals surface area contributed by atoms with Gasteiger partial charge in [-0.25, -0.2) is 4.79 Å². The topological polar surface area (TPSA) is 47.6 Å². The summed E-state index contributed by atoms with van der Waals surface area (Å²) in [5.74, 6) is 0.976. The fraction of sp³-hybridized carbons (Fsp3) is 0.632. The van der Waals surface area contributed by atoms with Gasteiger partial charge in [0, 0.05) is 29.8 Å². The van der Waals surface area contributed by atoms with Crippen LogP contribution in [0.2, 0.25) is 0 Å². The van der Waals surface area contributed by atoms with E-state index < -0.39 is 0 Å². The molecule has 24 heavy (non-hydrogen) atoms. The minimum absolute atomic E-state index is 0. The van der Waals surface area contributed by atoms with Gasteiger partial charge in [-0.3, -0.25) is 0 Å². The molecule has 1 aromatic carbocycles. The van der Waals surface area contributed by atoms with Crippen LogP contribution in [0, 0.1) is 11.8 Å². The molecule has 0 unspecified atom stereocenters. The van der Waals surface area contributed by atoms with Crippen molar-refractivity contribution >= 4 is 24.1 Å². The molecule has 0 radical (unpaired) electrons. The minimum atomic E-state index is -0.236. The largest absolute Gasteiger partial charge is 0.462 e. The highest BCUT2D eigenvalue weighted by molar-refractivity contribution is 5.93. The smallest absolute Gasteiger partial charge is 0.338 e. The molecule has 1 aliphatic carbocycles. The number of ether oxygens (including phenoxy) is 2. The van der Waals surface area contributed by atoms with Crippen LogP contribution in [0.4, 0.5) is 5.69 Å². The second-order valence-electron chi connectivity index (χ2n) is 6.95. The summed E-state index contributed by atoms with van der Waals surface area (Å²) in [6, 6.07) is 6.37. The van der Waals surface area contributed by atoms with E-state index >= 15 is 0 Å². The third kappa shape index (κ3) is 2.91. The van der Waals surface area contributed by atoms with Gasteiger partial charge in [-0.1, -0.05) is 18.9 Å². The van der Waals surface area contributed by atoms with E-state index in [1.807, 2.05) is 19.1 Å². The maximum Gasteiger partial charge on any atom is 0.338 e. The number of nitrogens with one attached hydrogen (secondary N) is 1. The Morgan fingerprint density at radius 1 is 1.29 bits per heavy atom. The normalized spacial score (nSPS) is 28.5. The lowest BCUT2D eigenvalue weighted by Crippen LogP contribution is -2.41. The van der Waals surface area contributed by atoms with Crippen LogP contribution in [0.1, 0.15) is 61.1 Å². The zero-order valence-electron chi connectivity index (χ0n) is 14.1. The average Bonchev–Trinajstić information content (AvgIpc) is 3.25. The molecule has 2 fully saturated rings. The first-order valence-electron chi connectivity index (χ1n) is 8.97. The Bertz CT molecular complexity index is 600. The van der Waals surface area contributed by atoms with Gasteiger partial charge in [0.2, 0.25) is 0 Å². The quantitative estimate of drug-likeness (QED) is 0.822. The van der Waals surface area contributed by atoms with E-state index in [0.717, 1.165) is 30.2 Å². The summed E-state index contributed by atoms with van der Waals surface area (Å²) >= 11 is 0. The average molecular weight is 352 g/mol. The van der Waals surface area contributed by atoms with Crippen LogP contribution in [0.25, 0.3) is 0 Å². The van der Waals surface area contributed by atoms with Crippen molar-refractivity contribution in [2.75, 3.05) is 18.5 Å². The molecular weight excluding hydrogens is 326 g/mol. The first-order valence-corrected chi connectivity index (χ1v) is 8.97. The number of carbonyl (C=O) groups is 1. The first kappa shape index (κ1) is 17.6. The molecule has 1 saturated heterocycles. The van der Waals surface area contributed by atoms with Crippen LogP contribution < -0.4 is 5.32 Å². The lowest BCUT2D eigenvalue weighted by atomic mass is 9.76. The second-order valence-corrected chi connectivity index (χ2v) is 6.95. The summed E-state index contributed by atoms with van der Waals surface area (Å²) < 4.78 is 11.3. The highest BCUT2D eigenvalue weighted by Crippen LogP contribution is 2.49. The molecule has 0 aromatic heterocycles. The van der Waals surface area contributed by atoms with Gasteiger partial charge in [-0.2, -0.15) is 0 Å². The van der Waals surface area contributed by atoms with Gasteiger partial charge >= 0.3 is 5.97 Å². The number of hydrogen-bond donors (Lipinski definition) is 1. The first-order chi connectivity index (χ1) is 11.3. The third-order valence-corrected chi connectivity index (χ3v) is 5.71. The number of esters is 1. The number of carbonyl (C=O) groups excluding carboxylic acids is 1. The molecule has 1 saturated carbocycles. The number of rotatable bonds is 3. The molecule has 4 rings (SSSR count). The number of fused-ring (bicyclic) bond motifs is 3. The Hall–Kier alpha value is -1.26. The van der Waals surface area contributed by atoms with E-state index in [-0.39, 0.29) is 24.5 Å². The highest BCUT2D eigenvalue weighted by Gasteiger charge is 2.45. The number of benzene rings is 1. The predicted octanol–water partition coefficient (Wildman–Crippen LogP) is 4.35. The Morgan fingerprint density at radius 2 is 2.08 bits per heavy atom. The van der Waals surface area contributed by atoms with Crippen molar-refractivity contribution in [3.8, 4) is 0 Å². The third-order valence-electron chi connectivity index (χ3n) is 5.71. The Balaban J connectivity index is 0.00000169. The summed E-state index contributed by atoms with van der Waals surface area (Å²) in [6.07, 6.45) is 6.43. The molecule has 132 valence electrons. The van der Waals surface area contributed by atoms with Crippen LogP contribution in [0.15, 0.2) is 18.2 Å². The van der Waals surface area contributed by atoms with Crippen LogP contribution in [0.3, 0.4) is 0 Å². The molecule has 3 aliphatic rings. The summed E-state index contributed by atoms with van der Waals surface area (Å²) in [6.45, 7) is 3.03. The van der Waals surface area contributed by atoms with Crippen LogP contribution in [-0.2, 0) is 9.47 Å². The zero-order chi connectivity index (χ0) is 15.8. The van der Waals surface area contributed by atoms with Crippen molar-refractivity contribution in [2.45, 2.75) is 51.2 Å². The van der Waals surface area contributed by atoms with E-state index in [4.69, 9.17) is 9.47 Å². The van der Waals surface area contributed by atoms with E-state index in [0.29, 0.717) is 24.1 Å². The monoisotopic (exact) mass is 351 g/mol. The molecule has 0 bridgehead atoms. The molecule has 1 aromatic rings. The standard InChI is InChI=1S/C19H25NO3.ClH/c1-2-22-19(21)13-8-5-9-15-16(13)18-14(10-11-23-18)17(20-15)12-6-3-4-7-12;/h5,8-9,12,14,17-18,20H,2-4,6-7,10-11H2,1H3;1H/t14-,17+,18-;/m0./s1. The van der Waals surface area contributed by atoms with Crippen LogP contribution in [-0.4, -0.2) is 25.2 Å². The molecule has 2 aliphatic heterocycles. The molecule has 1 N–H and O–H groups in total. The van der Waals surface area contributed by atoms with Crippen molar-refractivity contribution in [3.63, 3.8) is 0 Å². The molecule has 5 heteroatoms. The summed E-state index contributed by atoms with van der Waals surface area (Å²) in [5, 5.41) is 3.76. The maximum absolute atomic E-state index is 12.3.